The van der Waals surface area contributed by atoms with Gasteiger partial charge in [-0.2, -0.15) is 0 Å². The molecule has 0 fully saturated rings. The fourth-order valence-electron chi connectivity index (χ4n) is 2.36. The minimum Gasteiger partial charge on any atom is -0.487 e. The molecule has 0 heterocycles. The molecule has 0 atom stereocenters. The van der Waals surface area contributed by atoms with E-state index in [4.69, 9.17) is 4.74 Å². The maximum Gasteiger partial charge on any atom is 0.154 e. The summed E-state index contributed by atoms with van der Waals surface area (Å²) < 4.78 is 22.5. The van der Waals surface area contributed by atoms with E-state index >= 15 is 0 Å². The predicted molar refractivity (Wildman–Crippen MR) is 93.2 cm³/mol. The Morgan fingerprint density at radius 3 is 2.50 bits per heavy atom. The lowest BCUT2D eigenvalue weighted by Gasteiger charge is -2.23. The highest BCUT2D eigenvalue weighted by molar-refractivity contribution is 7.99. The van der Waals surface area contributed by atoms with Gasteiger partial charge in [-0.25, -0.2) is 4.39 Å². The van der Waals surface area contributed by atoms with Crippen LogP contribution in [0.2, 0.25) is 0 Å². The van der Waals surface area contributed by atoms with Crippen LogP contribution >= 0.6 is 11.9 Å². The number of rotatable bonds is 6. The first-order valence-corrected chi connectivity index (χ1v) is 8.53. The lowest BCUT2D eigenvalue weighted by molar-refractivity contribution is 0.305. The van der Waals surface area contributed by atoms with Crippen LogP contribution in [0.5, 0.6) is 5.75 Å². The molecule has 118 valence electrons. The zero-order valence-corrected chi connectivity index (χ0v) is 14.3. The van der Waals surface area contributed by atoms with Crippen LogP contribution < -0.4 is 9.04 Å². The Kier molecular flexibility index (Phi) is 5.72. The molecule has 0 saturated heterocycles. The number of anilines is 1. The summed E-state index contributed by atoms with van der Waals surface area (Å²) in [5, 5.41) is 0. The molecule has 0 amide bonds. The molecule has 2 aromatic rings. The Bertz CT molecular complexity index is 631. The second-order valence-electron chi connectivity index (χ2n) is 5.13. The molecule has 22 heavy (non-hydrogen) atoms. The van der Waals surface area contributed by atoms with Gasteiger partial charge < -0.3 is 9.04 Å². The van der Waals surface area contributed by atoms with Crippen LogP contribution in [0.15, 0.2) is 36.4 Å². The summed E-state index contributed by atoms with van der Waals surface area (Å²) in [6.07, 6.45) is 2.71. The first kappa shape index (κ1) is 16.7. The van der Waals surface area contributed by atoms with Crippen molar-refractivity contribution in [1.82, 2.24) is 0 Å². The Morgan fingerprint density at radius 2 is 1.91 bits per heavy atom. The summed E-state index contributed by atoms with van der Waals surface area (Å²) in [5.41, 5.74) is 3.27. The number of hydrogen-bond donors (Lipinski definition) is 0. The number of aryl methyl sites for hydroxylation is 1. The molecule has 2 rings (SSSR count). The quantitative estimate of drug-likeness (QED) is 0.696. The highest BCUT2D eigenvalue weighted by atomic mass is 32.2. The van der Waals surface area contributed by atoms with E-state index in [1.54, 1.807) is 0 Å². The standard InChI is InChI=1S/C18H22FNOS/c1-5-15-11-16(21-12-14-9-7-6-8-10-14)18(20(3)22-4)17(19)13(15)2/h6-11H,5,12H2,1-4H3. The maximum atomic E-state index is 14.7. The van der Waals surface area contributed by atoms with E-state index in [2.05, 4.69) is 0 Å². The summed E-state index contributed by atoms with van der Waals surface area (Å²) in [7, 11) is 1.85. The van der Waals surface area contributed by atoms with Crippen molar-refractivity contribution in [3.63, 3.8) is 0 Å². The van der Waals surface area contributed by atoms with Gasteiger partial charge in [-0.15, -0.1) is 0 Å². The summed E-state index contributed by atoms with van der Waals surface area (Å²) in [6, 6.07) is 11.9. The third-order valence-electron chi connectivity index (χ3n) is 3.76. The van der Waals surface area contributed by atoms with Crippen molar-refractivity contribution in [3.8, 4) is 5.75 Å². The first-order valence-electron chi connectivity index (χ1n) is 7.35. The normalized spacial score (nSPS) is 10.6. The minimum atomic E-state index is -0.195. The van der Waals surface area contributed by atoms with E-state index in [9.17, 15) is 4.39 Å². The molecule has 2 nitrogen and oxygen atoms in total. The van der Waals surface area contributed by atoms with Crippen LogP contribution in [0, 0.1) is 12.7 Å². The van der Waals surface area contributed by atoms with Gasteiger partial charge in [-0.1, -0.05) is 49.2 Å². The highest BCUT2D eigenvalue weighted by Crippen LogP contribution is 2.37. The van der Waals surface area contributed by atoms with Crippen molar-refractivity contribution >= 4 is 17.6 Å². The van der Waals surface area contributed by atoms with Gasteiger partial charge in [0.2, 0.25) is 0 Å². The molecule has 0 unspecified atom stereocenters. The largest absolute Gasteiger partial charge is 0.487 e. The smallest absolute Gasteiger partial charge is 0.154 e. The number of benzene rings is 2. The number of ether oxygens (including phenoxy) is 1. The molecule has 0 N–H and O–H groups in total. The lowest BCUT2D eigenvalue weighted by Crippen LogP contribution is -2.12. The third-order valence-corrected chi connectivity index (χ3v) is 4.49. The van der Waals surface area contributed by atoms with E-state index < -0.39 is 0 Å². The molecular weight excluding hydrogens is 297 g/mol. The lowest BCUT2D eigenvalue weighted by atomic mass is 10.0. The van der Waals surface area contributed by atoms with Gasteiger partial charge in [0.15, 0.2) is 5.82 Å². The molecule has 0 aromatic heterocycles. The van der Waals surface area contributed by atoms with Gasteiger partial charge in [0, 0.05) is 13.3 Å². The second kappa shape index (κ2) is 7.54. The average Bonchev–Trinajstić information content (AvgIpc) is 2.56. The molecule has 0 radical (unpaired) electrons. The molecule has 0 bridgehead atoms. The fourth-order valence-corrected chi connectivity index (χ4v) is 2.71. The highest BCUT2D eigenvalue weighted by Gasteiger charge is 2.19. The Morgan fingerprint density at radius 1 is 1.23 bits per heavy atom. The van der Waals surface area contributed by atoms with Crippen molar-refractivity contribution in [1.29, 1.82) is 0 Å². The monoisotopic (exact) mass is 319 g/mol. The molecule has 0 spiro atoms. The Labute approximate surface area is 136 Å². The van der Waals surface area contributed by atoms with Crippen LogP contribution in [0.25, 0.3) is 0 Å². The van der Waals surface area contributed by atoms with Gasteiger partial charge in [0.1, 0.15) is 18.0 Å². The van der Waals surface area contributed by atoms with E-state index in [1.165, 1.54) is 11.9 Å². The number of nitrogens with zero attached hydrogens (tertiary/aromatic N) is 1. The molecule has 0 aliphatic heterocycles. The minimum absolute atomic E-state index is 0.195. The zero-order chi connectivity index (χ0) is 16.1. The Hall–Kier alpha value is -1.68. The van der Waals surface area contributed by atoms with Crippen molar-refractivity contribution in [2.75, 3.05) is 17.6 Å². The van der Waals surface area contributed by atoms with Crippen molar-refractivity contribution in [3.05, 3.63) is 58.9 Å². The van der Waals surface area contributed by atoms with Gasteiger partial charge in [0.05, 0.1) is 0 Å². The number of halogens is 1. The SMILES string of the molecule is CCc1cc(OCc2ccccc2)c(N(C)SC)c(F)c1C. The molecular formula is C18H22FNOS. The molecule has 4 heteroatoms. The van der Waals surface area contributed by atoms with Crippen LogP contribution in [-0.4, -0.2) is 13.3 Å². The zero-order valence-electron chi connectivity index (χ0n) is 13.5. The van der Waals surface area contributed by atoms with Crippen LogP contribution in [0.1, 0.15) is 23.6 Å². The average molecular weight is 319 g/mol. The fraction of sp³-hybridized carbons (Fsp3) is 0.333. The van der Waals surface area contributed by atoms with Gasteiger partial charge in [-0.05, 0) is 36.1 Å². The summed E-state index contributed by atoms with van der Waals surface area (Å²) in [4.78, 5) is 0. The van der Waals surface area contributed by atoms with E-state index in [-0.39, 0.29) is 5.82 Å². The van der Waals surface area contributed by atoms with Crippen LogP contribution in [0.4, 0.5) is 10.1 Å². The summed E-state index contributed by atoms with van der Waals surface area (Å²) in [5.74, 6) is 0.403. The molecule has 0 saturated carbocycles. The maximum absolute atomic E-state index is 14.7. The first-order chi connectivity index (χ1) is 10.6. The molecule has 2 aromatic carbocycles. The van der Waals surface area contributed by atoms with Crippen molar-refractivity contribution < 1.29 is 9.13 Å². The van der Waals surface area contributed by atoms with E-state index in [1.807, 2.05) is 67.9 Å². The Balaban J connectivity index is 2.37. The van der Waals surface area contributed by atoms with E-state index in [0.717, 1.165) is 17.5 Å². The predicted octanol–water partition coefficient (Wildman–Crippen LogP) is 4.99. The van der Waals surface area contributed by atoms with Gasteiger partial charge in [0.25, 0.3) is 0 Å². The summed E-state index contributed by atoms with van der Waals surface area (Å²) in [6.45, 7) is 4.29. The second-order valence-corrected chi connectivity index (χ2v) is 6.04. The summed E-state index contributed by atoms with van der Waals surface area (Å²) >= 11 is 1.46. The van der Waals surface area contributed by atoms with Gasteiger partial charge >= 0.3 is 0 Å². The third kappa shape index (κ3) is 3.55. The van der Waals surface area contributed by atoms with E-state index in [0.29, 0.717) is 23.6 Å². The molecule has 0 aliphatic carbocycles. The van der Waals surface area contributed by atoms with Crippen molar-refractivity contribution in [2.45, 2.75) is 26.9 Å². The van der Waals surface area contributed by atoms with Crippen LogP contribution in [0.3, 0.4) is 0 Å². The van der Waals surface area contributed by atoms with Gasteiger partial charge in [-0.3, -0.25) is 0 Å². The van der Waals surface area contributed by atoms with Crippen LogP contribution in [-0.2, 0) is 13.0 Å². The van der Waals surface area contributed by atoms with Crippen molar-refractivity contribution in [2.24, 2.45) is 0 Å². The number of hydrogen-bond acceptors (Lipinski definition) is 3. The molecule has 0 aliphatic rings. The topological polar surface area (TPSA) is 12.5 Å².